The molecule has 0 amide bonds. The third-order valence-electron chi connectivity index (χ3n) is 3.06. The fourth-order valence-corrected chi connectivity index (χ4v) is 3.75. The Morgan fingerprint density at radius 2 is 2.06 bits per heavy atom. The van der Waals surface area contributed by atoms with E-state index < -0.39 is 21.2 Å². The van der Waals surface area contributed by atoms with E-state index in [9.17, 15) is 13.2 Å². The fraction of sp³-hybridized carbons (Fsp3) is 0.900. The molecule has 1 saturated heterocycles. The Bertz CT molecular complexity index is 374. The zero-order valence-corrected chi connectivity index (χ0v) is 10.7. The van der Waals surface area contributed by atoms with Gasteiger partial charge >= 0.3 is 5.97 Å². The van der Waals surface area contributed by atoms with Gasteiger partial charge in [-0.1, -0.05) is 0 Å². The van der Waals surface area contributed by atoms with Gasteiger partial charge in [-0.25, -0.2) is 8.42 Å². The zero-order chi connectivity index (χ0) is 12.6. The van der Waals surface area contributed by atoms with Crippen molar-refractivity contribution in [1.82, 2.24) is 4.90 Å². The molecule has 6 heteroatoms. The van der Waals surface area contributed by atoms with E-state index in [4.69, 9.17) is 5.11 Å². The minimum Gasteiger partial charge on any atom is -0.481 e. The molecule has 5 nitrogen and oxygen atoms in total. The molecule has 0 aromatic heterocycles. The molecule has 0 spiro atoms. The first-order valence-electron chi connectivity index (χ1n) is 5.28. The first-order valence-corrected chi connectivity index (χ1v) is 7.10. The zero-order valence-electron chi connectivity index (χ0n) is 9.93. The summed E-state index contributed by atoms with van der Waals surface area (Å²) >= 11 is 0. The monoisotopic (exact) mass is 249 g/mol. The van der Waals surface area contributed by atoms with Crippen LogP contribution in [-0.4, -0.2) is 55.5 Å². The molecule has 1 unspecified atom stereocenters. The molecule has 94 valence electrons. The molecule has 0 bridgehead atoms. The summed E-state index contributed by atoms with van der Waals surface area (Å²) in [5, 5.41) is 8.99. The van der Waals surface area contributed by atoms with Crippen molar-refractivity contribution in [3.8, 4) is 0 Å². The number of carboxylic acid groups (broad SMARTS) is 1. The number of carbonyl (C=O) groups is 1. The predicted molar refractivity (Wildman–Crippen MR) is 61.1 cm³/mol. The van der Waals surface area contributed by atoms with E-state index in [1.54, 1.807) is 20.9 Å². The Labute approximate surface area is 96.4 Å². The Hall–Kier alpha value is -0.620. The van der Waals surface area contributed by atoms with E-state index in [0.29, 0.717) is 13.0 Å². The van der Waals surface area contributed by atoms with Crippen molar-refractivity contribution < 1.29 is 18.3 Å². The lowest BCUT2D eigenvalue weighted by Crippen LogP contribution is -2.42. The molecule has 1 rings (SSSR count). The molecule has 16 heavy (non-hydrogen) atoms. The molecule has 1 atom stereocenters. The van der Waals surface area contributed by atoms with Crippen molar-refractivity contribution in [2.24, 2.45) is 5.41 Å². The number of aliphatic carboxylic acids is 1. The lowest BCUT2D eigenvalue weighted by atomic mass is 9.92. The molecule has 0 radical (unpaired) electrons. The lowest BCUT2D eigenvalue weighted by Gasteiger charge is -2.30. The summed E-state index contributed by atoms with van der Waals surface area (Å²) in [6, 6.07) is -0.0383. The van der Waals surface area contributed by atoms with Gasteiger partial charge in [0.05, 0.1) is 16.9 Å². The summed E-state index contributed by atoms with van der Waals surface area (Å²) in [6.45, 7) is 3.66. The number of sulfone groups is 1. The lowest BCUT2D eigenvalue weighted by molar-refractivity contribution is -0.148. The molecule has 1 fully saturated rings. The smallest absolute Gasteiger partial charge is 0.310 e. The highest BCUT2D eigenvalue weighted by Gasteiger charge is 2.35. The van der Waals surface area contributed by atoms with Crippen molar-refractivity contribution in [1.29, 1.82) is 0 Å². The van der Waals surface area contributed by atoms with E-state index in [-0.39, 0.29) is 17.5 Å². The minimum atomic E-state index is -2.91. The third kappa shape index (κ3) is 3.18. The topological polar surface area (TPSA) is 74.7 Å². The van der Waals surface area contributed by atoms with Crippen LogP contribution < -0.4 is 0 Å². The molecule has 0 saturated carbocycles. The molecule has 1 heterocycles. The molecular weight excluding hydrogens is 230 g/mol. The normalized spacial score (nSPS) is 24.9. The molecule has 0 aromatic carbocycles. The standard InChI is InChI=1S/C10H19NO4S/c1-10(2,9(12)13)7-11(3)8-4-5-16(14,15)6-8/h8H,4-7H2,1-3H3,(H,12,13). The highest BCUT2D eigenvalue weighted by Crippen LogP contribution is 2.22. The SMILES string of the molecule is CN(CC(C)(C)C(=O)O)C1CCS(=O)(=O)C1. The van der Waals surface area contributed by atoms with Crippen molar-refractivity contribution in [3.05, 3.63) is 0 Å². The molecule has 1 N–H and O–H groups in total. The van der Waals surface area contributed by atoms with Gasteiger partial charge in [-0.3, -0.25) is 4.79 Å². The van der Waals surface area contributed by atoms with Crippen LogP contribution in [0.3, 0.4) is 0 Å². The van der Waals surface area contributed by atoms with E-state index >= 15 is 0 Å². The third-order valence-corrected chi connectivity index (χ3v) is 4.81. The van der Waals surface area contributed by atoms with Crippen LogP contribution >= 0.6 is 0 Å². The van der Waals surface area contributed by atoms with Gasteiger partial charge in [0.1, 0.15) is 0 Å². The highest BCUT2D eigenvalue weighted by atomic mass is 32.2. The number of hydrogen-bond acceptors (Lipinski definition) is 4. The Morgan fingerprint density at radius 1 is 1.50 bits per heavy atom. The van der Waals surface area contributed by atoms with Crippen molar-refractivity contribution >= 4 is 15.8 Å². The maximum Gasteiger partial charge on any atom is 0.310 e. The summed E-state index contributed by atoms with van der Waals surface area (Å²) in [7, 11) is -1.12. The molecular formula is C10H19NO4S. The Morgan fingerprint density at radius 3 is 2.44 bits per heavy atom. The van der Waals surface area contributed by atoms with E-state index in [1.165, 1.54) is 0 Å². The van der Waals surface area contributed by atoms with Gasteiger partial charge in [-0.05, 0) is 27.3 Å². The summed E-state index contributed by atoms with van der Waals surface area (Å²) in [5.74, 6) is -0.491. The number of nitrogens with zero attached hydrogens (tertiary/aromatic N) is 1. The van der Waals surface area contributed by atoms with E-state index in [1.807, 2.05) is 4.90 Å². The first-order chi connectivity index (χ1) is 7.14. The highest BCUT2D eigenvalue weighted by molar-refractivity contribution is 7.91. The van der Waals surface area contributed by atoms with Gasteiger partial charge < -0.3 is 10.0 Å². The van der Waals surface area contributed by atoms with E-state index in [0.717, 1.165) is 0 Å². The summed E-state index contributed by atoms with van der Waals surface area (Å²) in [6.07, 6.45) is 0.606. The van der Waals surface area contributed by atoms with Crippen LogP contribution in [0.25, 0.3) is 0 Å². The first kappa shape index (κ1) is 13.4. The van der Waals surface area contributed by atoms with Crippen molar-refractivity contribution in [2.75, 3.05) is 25.1 Å². The van der Waals surface area contributed by atoms with Gasteiger partial charge in [-0.2, -0.15) is 0 Å². The Balaban J connectivity index is 2.61. The van der Waals surface area contributed by atoms with Crippen molar-refractivity contribution in [2.45, 2.75) is 26.3 Å². The van der Waals surface area contributed by atoms with Crippen LogP contribution in [0.15, 0.2) is 0 Å². The second kappa shape index (κ2) is 4.33. The average Bonchev–Trinajstić information content (AvgIpc) is 2.45. The van der Waals surface area contributed by atoms with Crippen LogP contribution in [0.2, 0.25) is 0 Å². The van der Waals surface area contributed by atoms with E-state index in [2.05, 4.69) is 0 Å². The maximum absolute atomic E-state index is 11.3. The minimum absolute atomic E-state index is 0.0383. The molecule has 1 aliphatic rings. The Kier molecular flexibility index (Phi) is 3.64. The van der Waals surface area contributed by atoms with Gasteiger partial charge in [0, 0.05) is 12.6 Å². The number of rotatable bonds is 4. The van der Waals surface area contributed by atoms with Gasteiger partial charge in [0.25, 0.3) is 0 Å². The second-order valence-electron chi connectivity index (χ2n) is 5.16. The van der Waals surface area contributed by atoms with Gasteiger partial charge in [0.15, 0.2) is 9.84 Å². The van der Waals surface area contributed by atoms with Gasteiger partial charge in [-0.15, -0.1) is 0 Å². The average molecular weight is 249 g/mol. The van der Waals surface area contributed by atoms with Crippen LogP contribution in [0, 0.1) is 5.41 Å². The largest absolute Gasteiger partial charge is 0.481 e. The van der Waals surface area contributed by atoms with Crippen LogP contribution in [0.1, 0.15) is 20.3 Å². The molecule has 0 aliphatic carbocycles. The van der Waals surface area contributed by atoms with Crippen LogP contribution in [0.5, 0.6) is 0 Å². The summed E-state index contributed by atoms with van der Waals surface area (Å²) in [5.41, 5.74) is -0.846. The maximum atomic E-state index is 11.3. The number of hydrogen-bond donors (Lipinski definition) is 1. The summed E-state index contributed by atoms with van der Waals surface area (Å²) in [4.78, 5) is 12.8. The van der Waals surface area contributed by atoms with Gasteiger partial charge in [0.2, 0.25) is 0 Å². The quantitative estimate of drug-likeness (QED) is 0.771. The fourth-order valence-electron chi connectivity index (χ4n) is 1.94. The summed E-state index contributed by atoms with van der Waals surface area (Å²) < 4.78 is 22.6. The predicted octanol–water partition coefficient (Wildman–Crippen LogP) is 0.216. The second-order valence-corrected chi connectivity index (χ2v) is 7.39. The van der Waals surface area contributed by atoms with Crippen LogP contribution in [0.4, 0.5) is 0 Å². The molecule has 0 aromatic rings. The number of carboxylic acids is 1. The van der Waals surface area contributed by atoms with Crippen molar-refractivity contribution in [3.63, 3.8) is 0 Å². The molecule has 1 aliphatic heterocycles. The van der Waals surface area contributed by atoms with Crippen LogP contribution in [-0.2, 0) is 14.6 Å².